The van der Waals surface area contributed by atoms with Gasteiger partial charge in [-0.15, -0.1) is 0 Å². The van der Waals surface area contributed by atoms with Crippen LogP contribution in [-0.4, -0.2) is 35.8 Å². The lowest BCUT2D eigenvalue weighted by Crippen LogP contribution is -2.42. The number of nitrogens with zero attached hydrogens (tertiary/aromatic N) is 1. The van der Waals surface area contributed by atoms with E-state index in [4.69, 9.17) is 9.84 Å². The van der Waals surface area contributed by atoms with Crippen LogP contribution < -0.4 is 0 Å². The van der Waals surface area contributed by atoms with Gasteiger partial charge in [0.1, 0.15) is 0 Å². The molecule has 0 aliphatic carbocycles. The molecule has 2 aromatic rings. The summed E-state index contributed by atoms with van der Waals surface area (Å²) in [6, 6.07) is 18.7. The average molecular weight is 297 g/mol. The van der Waals surface area contributed by atoms with Gasteiger partial charge in [-0.1, -0.05) is 54.6 Å². The number of hydrogen-bond donors (Lipinski definition) is 1. The van der Waals surface area contributed by atoms with Gasteiger partial charge in [0.05, 0.1) is 19.3 Å². The summed E-state index contributed by atoms with van der Waals surface area (Å²) in [5.41, 5.74) is 3.59. The molecule has 0 amide bonds. The molecular formula is C19H23NO2. The molecule has 3 nitrogen and oxygen atoms in total. The standard InChI is InChI=1S/C19H23NO2/c21-15-18-8-6-17(7-9-18)13-20-10-11-22-19(14-20)12-16-4-2-1-3-5-16/h1-9,19,21H,10-15H2. The van der Waals surface area contributed by atoms with Crippen molar-refractivity contribution < 1.29 is 9.84 Å². The van der Waals surface area contributed by atoms with E-state index in [1.54, 1.807) is 0 Å². The summed E-state index contributed by atoms with van der Waals surface area (Å²) in [5.74, 6) is 0. The highest BCUT2D eigenvalue weighted by Crippen LogP contribution is 2.15. The molecule has 1 atom stereocenters. The summed E-state index contributed by atoms with van der Waals surface area (Å²) in [6.45, 7) is 3.80. The topological polar surface area (TPSA) is 32.7 Å². The summed E-state index contributed by atoms with van der Waals surface area (Å²) in [7, 11) is 0. The minimum Gasteiger partial charge on any atom is -0.392 e. The lowest BCUT2D eigenvalue weighted by molar-refractivity contribution is -0.0304. The van der Waals surface area contributed by atoms with E-state index >= 15 is 0 Å². The smallest absolute Gasteiger partial charge is 0.0743 e. The molecule has 3 heteroatoms. The molecule has 1 aliphatic heterocycles. The first kappa shape index (κ1) is 15.2. The predicted octanol–water partition coefficient (Wildman–Crippen LogP) is 2.62. The third-order valence-corrected chi connectivity index (χ3v) is 4.14. The minimum atomic E-state index is 0.108. The molecule has 1 aliphatic rings. The summed E-state index contributed by atoms with van der Waals surface area (Å²) in [6.07, 6.45) is 1.24. The van der Waals surface area contributed by atoms with Gasteiger partial charge in [-0.05, 0) is 23.1 Å². The number of rotatable bonds is 5. The van der Waals surface area contributed by atoms with Gasteiger partial charge < -0.3 is 9.84 Å². The molecule has 22 heavy (non-hydrogen) atoms. The fraction of sp³-hybridized carbons (Fsp3) is 0.368. The summed E-state index contributed by atoms with van der Waals surface area (Å²) >= 11 is 0. The lowest BCUT2D eigenvalue weighted by Gasteiger charge is -2.33. The van der Waals surface area contributed by atoms with Crippen LogP contribution in [0.15, 0.2) is 54.6 Å². The molecule has 0 bridgehead atoms. The van der Waals surface area contributed by atoms with Gasteiger partial charge in [-0.2, -0.15) is 0 Å². The number of aliphatic hydroxyl groups excluding tert-OH is 1. The number of morpholine rings is 1. The summed E-state index contributed by atoms with van der Waals surface area (Å²) < 4.78 is 5.91. The lowest BCUT2D eigenvalue weighted by atomic mass is 10.1. The first-order valence-corrected chi connectivity index (χ1v) is 7.90. The molecule has 0 radical (unpaired) electrons. The van der Waals surface area contributed by atoms with E-state index in [2.05, 4.69) is 41.3 Å². The zero-order valence-electron chi connectivity index (χ0n) is 12.8. The van der Waals surface area contributed by atoms with Gasteiger partial charge in [0.2, 0.25) is 0 Å². The van der Waals surface area contributed by atoms with Crippen LogP contribution in [0.2, 0.25) is 0 Å². The van der Waals surface area contributed by atoms with Crippen molar-refractivity contribution in [2.45, 2.75) is 25.7 Å². The Bertz CT molecular complexity index is 568. The van der Waals surface area contributed by atoms with E-state index in [-0.39, 0.29) is 12.7 Å². The van der Waals surface area contributed by atoms with E-state index < -0.39 is 0 Å². The fourth-order valence-corrected chi connectivity index (χ4v) is 2.93. The highest BCUT2D eigenvalue weighted by atomic mass is 16.5. The number of benzene rings is 2. The Balaban J connectivity index is 1.55. The van der Waals surface area contributed by atoms with E-state index in [0.29, 0.717) is 0 Å². The Morgan fingerprint density at radius 1 is 0.955 bits per heavy atom. The van der Waals surface area contributed by atoms with Crippen LogP contribution in [-0.2, 0) is 24.3 Å². The second-order valence-electron chi connectivity index (χ2n) is 5.89. The van der Waals surface area contributed by atoms with E-state index in [9.17, 15) is 0 Å². The third kappa shape index (κ3) is 4.17. The highest BCUT2D eigenvalue weighted by Gasteiger charge is 2.20. The first-order valence-electron chi connectivity index (χ1n) is 7.90. The van der Waals surface area contributed by atoms with Crippen molar-refractivity contribution in [2.24, 2.45) is 0 Å². The second-order valence-corrected chi connectivity index (χ2v) is 5.89. The van der Waals surface area contributed by atoms with Gasteiger partial charge in [0, 0.05) is 19.6 Å². The van der Waals surface area contributed by atoms with E-state index in [1.807, 2.05) is 18.2 Å². The molecule has 0 aromatic heterocycles. The third-order valence-electron chi connectivity index (χ3n) is 4.14. The van der Waals surface area contributed by atoms with Crippen LogP contribution in [0.25, 0.3) is 0 Å². The van der Waals surface area contributed by atoms with Gasteiger partial charge in [-0.3, -0.25) is 4.90 Å². The molecule has 1 fully saturated rings. The molecule has 0 saturated carbocycles. The van der Waals surface area contributed by atoms with Gasteiger partial charge in [-0.25, -0.2) is 0 Å². The normalized spacial score (nSPS) is 19.2. The molecule has 1 unspecified atom stereocenters. The Labute approximate surface area is 132 Å². The molecule has 0 spiro atoms. The van der Waals surface area contributed by atoms with E-state index in [0.717, 1.165) is 38.2 Å². The molecule has 1 saturated heterocycles. The Hall–Kier alpha value is -1.68. The number of aliphatic hydroxyl groups is 1. The van der Waals surface area contributed by atoms with Gasteiger partial charge >= 0.3 is 0 Å². The number of ether oxygens (including phenoxy) is 1. The second kappa shape index (κ2) is 7.54. The summed E-state index contributed by atoms with van der Waals surface area (Å²) in [4.78, 5) is 2.45. The predicted molar refractivity (Wildman–Crippen MR) is 87.5 cm³/mol. The zero-order valence-corrected chi connectivity index (χ0v) is 12.8. The van der Waals surface area contributed by atoms with Crippen LogP contribution in [0.1, 0.15) is 16.7 Å². The Morgan fingerprint density at radius 2 is 1.68 bits per heavy atom. The quantitative estimate of drug-likeness (QED) is 0.921. The van der Waals surface area contributed by atoms with Crippen LogP contribution in [0, 0.1) is 0 Å². The van der Waals surface area contributed by atoms with Crippen LogP contribution in [0.3, 0.4) is 0 Å². The molecule has 1 N–H and O–H groups in total. The Morgan fingerprint density at radius 3 is 2.41 bits per heavy atom. The molecule has 1 heterocycles. The number of hydrogen-bond acceptors (Lipinski definition) is 3. The van der Waals surface area contributed by atoms with E-state index in [1.165, 1.54) is 11.1 Å². The summed E-state index contributed by atoms with van der Waals surface area (Å²) in [5, 5.41) is 9.10. The van der Waals surface area contributed by atoms with Crippen LogP contribution in [0.5, 0.6) is 0 Å². The maximum atomic E-state index is 9.10. The first-order chi connectivity index (χ1) is 10.8. The fourth-order valence-electron chi connectivity index (χ4n) is 2.93. The van der Waals surface area contributed by atoms with Crippen LogP contribution in [0.4, 0.5) is 0 Å². The largest absolute Gasteiger partial charge is 0.392 e. The van der Waals surface area contributed by atoms with Crippen molar-refractivity contribution in [2.75, 3.05) is 19.7 Å². The average Bonchev–Trinajstić information content (AvgIpc) is 2.57. The van der Waals surface area contributed by atoms with Crippen LogP contribution >= 0.6 is 0 Å². The molecular weight excluding hydrogens is 274 g/mol. The zero-order chi connectivity index (χ0) is 15.2. The maximum absolute atomic E-state index is 9.10. The van der Waals surface area contributed by atoms with Crippen molar-refractivity contribution in [1.82, 2.24) is 4.90 Å². The maximum Gasteiger partial charge on any atom is 0.0743 e. The van der Waals surface area contributed by atoms with Crippen molar-refractivity contribution in [1.29, 1.82) is 0 Å². The molecule has 3 rings (SSSR count). The minimum absolute atomic E-state index is 0.108. The Kier molecular flexibility index (Phi) is 5.22. The van der Waals surface area contributed by atoms with Crippen molar-refractivity contribution >= 4 is 0 Å². The van der Waals surface area contributed by atoms with Crippen molar-refractivity contribution in [3.63, 3.8) is 0 Å². The van der Waals surface area contributed by atoms with Crippen molar-refractivity contribution in [3.05, 3.63) is 71.3 Å². The monoisotopic (exact) mass is 297 g/mol. The molecule has 116 valence electrons. The van der Waals surface area contributed by atoms with Crippen molar-refractivity contribution in [3.8, 4) is 0 Å². The SMILES string of the molecule is OCc1ccc(CN2CCOC(Cc3ccccc3)C2)cc1. The van der Waals surface area contributed by atoms with Gasteiger partial charge in [0.15, 0.2) is 0 Å². The highest BCUT2D eigenvalue weighted by molar-refractivity contribution is 5.22. The van der Waals surface area contributed by atoms with Gasteiger partial charge in [0.25, 0.3) is 0 Å². The molecule has 2 aromatic carbocycles.